The summed E-state index contributed by atoms with van der Waals surface area (Å²) >= 11 is -1.11. The van der Waals surface area contributed by atoms with Gasteiger partial charge in [-0.2, -0.15) is 0 Å². The van der Waals surface area contributed by atoms with Gasteiger partial charge in [-0.3, -0.25) is 0 Å². The number of benzene rings is 4. The molecule has 0 N–H and O–H groups in total. The summed E-state index contributed by atoms with van der Waals surface area (Å²) in [5.74, 6) is 0. The van der Waals surface area contributed by atoms with Crippen molar-refractivity contribution in [1.82, 2.24) is 0 Å². The molecule has 0 radical (unpaired) electrons. The van der Waals surface area contributed by atoms with Crippen molar-refractivity contribution in [2.75, 3.05) is 0 Å². The second-order valence-corrected chi connectivity index (χ2v) is 12.7. The van der Waals surface area contributed by atoms with Crippen LogP contribution in [-0.2, 0) is 22.8 Å². The van der Waals surface area contributed by atoms with Crippen molar-refractivity contribution in [2.45, 2.75) is 23.9 Å². The molecular formula is C33H27Cl2Zr. The Balaban J connectivity index is 0.00000152. The fraction of sp³-hybridized carbons (Fsp3) is 0.121. The molecule has 0 saturated heterocycles. The van der Waals surface area contributed by atoms with Gasteiger partial charge in [0.2, 0.25) is 0 Å². The van der Waals surface area contributed by atoms with Crippen LogP contribution in [0.25, 0.3) is 16.7 Å². The Morgan fingerprint density at radius 1 is 0.750 bits per heavy atom. The molecule has 4 aromatic carbocycles. The number of hydrogen-bond donors (Lipinski definition) is 0. The molecule has 0 spiro atoms. The molecule has 0 aliphatic heterocycles. The summed E-state index contributed by atoms with van der Waals surface area (Å²) in [5, 5.41) is 0. The Hall–Kier alpha value is -2.31. The molecule has 4 aromatic rings. The standard InChI is InChI=1S/C20H17.C13H10.2ClH.Zr/c1-13-7-9-17-16(11-13)12-19-18(17)10-8-14(2)20(19)15-5-3-4-6-15;1-3-7-12(8-4-1)11-13-9-5-2-6-10-13;;;/h3-5,7-12H,6H2,1-2H3;1-10H;2*1H;/q;;;;+2/p-2. The van der Waals surface area contributed by atoms with E-state index in [1.54, 1.807) is 14.3 Å². The second-order valence-electron chi connectivity index (χ2n) is 9.32. The summed E-state index contributed by atoms with van der Waals surface area (Å²) in [5.41, 5.74) is 14.6. The van der Waals surface area contributed by atoms with Crippen molar-refractivity contribution in [3.63, 3.8) is 0 Å². The van der Waals surface area contributed by atoms with Crippen LogP contribution in [0.2, 0.25) is 0 Å². The van der Waals surface area contributed by atoms with Gasteiger partial charge < -0.3 is 24.8 Å². The van der Waals surface area contributed by atoms with Crippen LogP contribution in [0.15, 0.2) is 109 Å². The first-order valence-corrected chi connectivity index (χ1v) is 14.7. The van der Waals surface area contributed by atoms with Gasteiger partial charge in [0, 0.05) is 0 Å². The largest absolute Gasteiger partial charge is 1.00 e. The first-order valence-electron chi connectivity index (χ1n) is 12.1. The van der Waals surface area contributed by atoms with E-state index >= 15 is 0 Å². The van der Waals surface area contributed by atoms with Crippen molar-refractivity contribution in [3.8, 4) is 11.1 Å². The van der Waals surface area contributed by atoms with E-state index in [0.717, 1.165) is 6.42 Å². The van der Waals surface area contributed by atoms with Gasteiger partial charge in [-0.25, -0.2) is 0 Å². The van der Waals surface area contributed by atoms with Gasteiger partial charge in [0.1, 0.15) is 0 Å². The summed E-state index contributed by atoms with van der Waals surface area (Å²) in [7, 11) is 0. The SMILES string of the molecule is Cc1ccc2c(c1)[CH]([Zr+2]=[C](c1ccccc1)c1ccccc1)c1c-2ccc(C)c1C1=CC=CC1.[Cl-].[Cl-]. The summed E-state index contributed by atoms with van der Waals surface area (Å²) in [4.78, 5) is 0. The third-order valence-corrected chi connectivity index (χ3v) is 11.4. The second kappa shape index (κ2) is 11.4. The molecule has 2 aliphatic rings. The average Bonchev–Trinajstić information content (AvgIpc) is 3.50. The predicted octanol–water partition coefficient (Wildman–Crippen LogP) is 2.08. The van der Waals surface area contributed by atoms with Crippen LogP contribution in [-0.4, -0.2) is 3.21 Å². The number of fused-ring (bicyclic) bond motifs is 3. The molecular weight excluding hydrogens is 558 g/mol. The average molecular weight is 586 g/mol. The maximum atomic E-state index is 2.47. The van der Waals surface area contributed by atoms with Crippen molar-refractivity contribution < 1.29 is 47.6 Å². The number of allylic oxidation sites excluding steroid dienone is 4. The van der Waals surface area contributed by atoms with E-state index in [4.69, 9.17) is 0 Å². The number of hydrogen-bond acceptors (Lipinski definition) is 0. The Labute approximate surface area is 238 Å². The van der Waals surface area contributed by atoms with E-state index in [1.807, 2.05) is 0 Å². The maximum Gasteiger partial charge on any atom is -1.00 e. The summed E-state index contributed by atoms with van der Waals surface area (Å²) in [6.45, 7) is 4.53. The topological polar surface area (TPSA) is 0 Å². The van der Waals surface area contributed by atoms with Gasteiger partial charge in [0.25, 0.3) is 0 Å². The molecule has 0 saturated carbocycles. The quantitative estimate of drug-likeness (QED) is 0.344. The van der Waals surface area contributed by atoms with Gasteiger partial charge in [-0.15, -0.1) is 0 Å². The number of aryl methyl sites for hydroxylation is 2. The Morgan fingerprint density at radius 2 is 1.39 bits per heavy atom. The van der Waals surface area contributed by atoms with Crippen LogP contribution >= 0.6 is 0 Å². The molecule has 6 rings (SSSR count). The molecule has 1 atom stereocenters. The monoisotopic (exact) mass is 583 g/mol. The zero-order valence-electron chi connectivity index (χ0n) is 20.4. The summed E-state index contributed by atoms with van der Waals surface area (Å²) in [6, 6.07) is 34.0. The van der Waals surface area contributed by atoms with Crippen LogP contribution in [0.1, 0.15) is 49.0 Å². The molecule has 0 bridgehead atoms. The Morgan fingerprint density at radius 3 is 2.00 bits per heavy atom. The van der Waals surface area contributed by atoms with Gasteiger partial charge in [0.15, 0.2) is 0 Å². The Kier molecular flexibility index (Phi) is 8.46. The normalized spacial score (nSPS) is 14.6. The minimum absolute atomic E-state index is 0. The fourth-order valence-electron chi connectivity index (χ4n) is 5.48. The van der Waals surface area contributed by atoms with Crippen LogP contribution in [0.3, 0.4) is 0 Å². The van der Waals surface area contributed by atoms with E-state index in [0.29, 0.717) is 3.63 Å². The molecule has 0 heterocycles. The van der Waals surface area contributed by atoms with E-state index in [9.17, 15) is 0 Å². The molecule has 36 heavy (non-hydrogen) atoms. The Bertz CT molecular complexity index is 1440. The van der Waals surface area contributed by atoms with Gasteiger partial charge in [-0.05, 0) is 0 Å². The molecule has 0 fully saturated rings. The van der Waals surface area contributed by atoms with E-state index in [-0.39, 0.29) is 24.8 Å². The van der Waals surface area contributed by atoms with Crippen molar-refractivity contribution in [3.05, 3.63) is 148 Å². The molecule has 0 amide bonds. The van der Waals surface area contributed by atoms with Crippen LogP contribution < -0.4 is 24.8 Å². The van der Waals surface area contributed by atoms with Crippen LogP contribution in [0, 0.1) is 13.8 Å². The molecule has 2 aliphatic carbocycles. The zero-order valence-corrected chi connectivity index (χ0v) is 24.4. The third-order valence-electron chi connectivity index (χ3n) is 7.06. The summed E-state index contributed by atoms with van der Waals surface area (Å²) in [6.07, 6.45) is 7.89. The van der Waals surface area contributed by atoms with E-state index in [2.05, 4.69) is 123 Å². The minimum Gasteiger partial charge on any atom is -1.00 e. The first-order chi connectivity index (χ1) is 16.7. The van der Waals surface area contributed by atoms with Gasteiger partial charge >= 0.3 is 215 Å². The third kappa shape index (κ3) is 4.82. The van der Waals surface area contributed by atoms with Crippen molar-refractivity contribution >= 4 is 8.78 Å². The first kappa shape index (κ1) is 26.7. The van der Waals surface area contributed by atoms with E-state index in [1.165, 1.54) is 44.5 Å². The molecule has 3 heteroatoms. The molecule has 0 aromatic heterocycles. The van der Waals surface area contributed by atoms with Crippen LogP contribution in [0.5, 0.6) is 0 Å². The number of rotatable bonds is 4. The maximum absolute atomic E-state index is 2.47. The molecule has 1 unspecified atom stereocenters. The zero-order chi connectivity index (χ0) is 23.1. The minimum atomic E-state index is -1.11. The molecule has 177 valence electrons. The number of halogens is 2. The van der Waals surface area contributed by atoms with Crippen molar-refractivity contribution in [2.24, 2.45) is 0 Å². The fourth-order valence-corrected chi connectivity index (χ4v) is 9.89. The van der Waals surface area contributed by atoms with E-state index < -0.39 is 22.8 Å². The summed E-state index contributed by atoms with van der Waals surface area (Å²) < 4.78 is 2.08. The van der Waals surface area contributed by atoms with Crippen LogP contribution in [0.4, 0.5) is 0 Å². The molecule has 0 nitrogen and oxygen atoms in total. The predicted molar refractivity (Wildman–Crippen MR) is 141 cm³/mol. The van der Waals surface area contributed by atoms with Gasteiger partial charge in [-0.1, -0.05) is 0 Å². The van der Waals surface area contributed by atoms with Crippen molar-refractivity contribution in [1.29, 1.82) is 0 Å². The van der Waals surface area contributed by atoms with Gasteiger partial charge in [0.05, 0.1) is 0 Å². The smallest absolute Gasteiger partial charge is 1.00 e.